The van der Waals surface area contributed by atoms with Gasteiger partial charge in [0.1, 0.15) is 0 Å². The van der Waals surface area contributed by atoms with Crippen LogP contribution in [0.5, 0.6) is 0 Å². The first-order valence-electron chi connectivity index (χ1n) is 7.87. The van der Waals surface area contributed by atoms with E-state index in [0.717, 1.165) is 36.2 Å². The van der Waals surface area contributed by atoms with Gasteiger partial charge in [-0.05, 0) is 44.7 Å². The topological polar surface area (TPSA) is 75.4 Å². The highest BCUT2D eigenvalue weighted by Gasteiger charge is 2.28. The average Bonchev–Trinajstić information content (AvgIpc) is 2.84. The number of rotatable bonds is 5. The van der Waals surface area contributed by atoms with Crippen LogP contribution in [0.25, 0.3) is 0 Å². The third-order valence-electron chi connectivity index (χ3n) is 4.17. The number of hydrogen-bond donors (Lipinski definition) is 2. The van der Waals surface area contributed by atoms with E-state index in [9.17, 15) is 9.59 Å². The summed E-state index contributed by atoms with van der Waals surface area (Å²) in [6, 6.07) is 2.06. The number of carbonyl (C=O) groups is 2. The van der Waals surface area contributed by atoms with Gasteiger partial charge in [0.25, 0.3) is 5.91 Å². The van der Waals surface area contributed by atoms with Crippen molar-refractivity contribution in [2.45, 2.75) is 45.6 Å². The molecule has 22 heavy (non-hydrogen) atoms. The Bertz CT molecular complexity index is 522. The van der Waals surface area contributed by atoms with E-state index in [1.807, 2.05) is 24.8 Å². The van der Waals surface area contributed by atoms with Gasteiger partial charge in [-0.1, -0.05) is 0 Å². The van der Waals surface area contributed by atoms with Gasteiger partial charge in [0.2, 0.25) is 5.91 Å². The summed E-state index contributed by atoms with van der Waals surface area (Å²) < 4.78 is 0. The van der Waals surface area contributed by atoms with Crippen LogP contribution in [0.1, 0.15) is 45.8 Å². The number of nitrogens with two attached hydrogens (primary N) is 1. The number of thiophene rings is 1. The molecule has 0 saturated carbocycles. The van der Waals surface area contributed by atoms with Crippen LogP contribution in [0.4, 0.5) is 0 Å². The van der Waals surface area contributed by atoms with Gasteiger partial charge in [-0.25, -0.2) is 0 Å². The van der Waals surface area contributed by atoms with Gasteiger partial charge in [-0.15, -0.1) is 11.3 Å². The largest absolute Gasteiger partial charge is 0.354 e. The summed E-state index contributed by atoms with van der Waals surface area (Å²) in [5.41, 5.74) is 6.55. The SMILES string of the molecule is Cc1cc(C(=O)N2CCCCC2CNC(=O)CCN)sc1C. The summed E-state index contributed by atoms with van der Waals surface area (Å²) in [6.45, 7) is 5.72. The molecule has 2 amide bonds. The first-order chi connectivity index (χ1) is 10.5. The van der Waals surface area contributed by atoms with Gasteiger partial charge in [0, 0.05) is 37.0 Å². The van der Waals surface area contributed by atoms with Crippen molar-refractivity contribution in [1.82, 2.24) is 10.2 Å². The Kier molecular flexibility index (Phi) is 5.97. The fourth-order valence-corrected chi connectivity index (χ4v) is 3.74. The lowest BCUT2D eigenvalue weighted by atomic mass is 10.0. The van der Waals surface area contributed by atoms with E-state index in [1.54, 1.807) is 11.3 Å². The molecule has 0 bridgehead atoms. The Hall–Kier alpha value is -1.40. The molecule has 0 radical (unpaired) electrons. The molecule has 1 fully saturated rings. The van der Waals surface area contributed by atoms with Gasteiger partial charge in [0.15, 0.2) is 0 Å². The fraction of sp³-hybridized carbons (Fsp3) is 0.625. The lowest BCUT2D eigenvalue weighted by Gasteiger charge is -2.35. The molecular formula is C16H25N3O2S. The fourth-order valence-electron chi connectivity index (χ4n) is 2.75. The Balaban J connectivity index is 2.02. The summed E-state index contributed by atoms with van der Waals surface area (Å²) in [4.78, 5) is 28.3. The number of aryl methyl sites for hydroxylation is 2. The summed E-state index contributed by atoms with van der Waals surface area (Å²) in [6.07, 6.45) is 3.41. The average molecular weight is 323 g/mol. The first kappa shape index (κ1) is 17.0. The minimum absolute atomic E-state index is 0.0386. The van der Waals surface area contributed by atoms with Crippen molar-refractivity contribution in [3.05, 3.63) is 21.4 Å². The van der Waals surface area contributed by atoms with Gasteiger partial charge in [-0.2, -0.15) is 0 Å². The molecule has 0 aromatic carbocycles. The maximum absolute atomic E-state index is 12.7. The third kappa shape index (κ3) is 4.08. The zero-order valence-corrected chi connectivity index (χ0v) is 14.2. The Labute approximate surface area is 135 Å². The summed E-state index contributed by atoms with van der Waals surface area (Å²) in [5.74, 6) is 0.0576. The molecule has 1 aromatic rings. The van der Waals surface area contributed by atoms with Crippen molar-refractivity contribution < 1.29 is 9.59 Å². The molecule has 3 N–H and O–H groups in total. The van der Waals surface area contributed by atoms with Crippen molar-refractivity contribution >= 4 is 23.2 Å². The normalized spacial score (nSPS) is 18.3. The predicted molar refractivity (Wildman–Crippen MR) is 89.1 cm³/mol. The lowest BCUT2D eigenvalue weighted by Crippen LogP contribution is -2.49. The molecule has 5 nitrogen and oxygen atoms in total. The van der Waals surface area contributed by atoms with E-state index in [1.165, 1.54) is 4.88 Å². The van der Waals surface area contributed by atoms with Crippen LogP contribution in [0, 0.1) is 13.8 Å². The minimum atomic E-state index is -0.0386. The summed E-state index contributed by atoms with van der Waals surface area (Å²) in [5, 5.41) is 2.90. The minimum Gasteiger partial charge on any atom is -0.354 e. The van der Waals surface area contributed by atoms with Crippen LogP contribution in [0.15, 0.2) is 6.07 Å². The lowest BCUT2D eigenvalue weighted by molar-refractivity contribution is -0.121. The van der Waals surface area contributed by atoms with Crippen LogP contribution in [0.3, 0.4) is 0 Å². The molecule has 1 unspecified atom stereocenters. The predicted octanol–water partition coefficient (Wildman–Crippen LogP) is 1.82. The summed E-state index contributed by atoms with van der Waals surface area (Å²) in [7, 11) is 0. The number of piperidine rings is 1. The molecule has 1 atom stereocenters. The highest BCUT2D eigenvalue weighted by Crippen LogP contribution is 2.25. The standard InChI is InChI=1S/C16H25N3O2S/c1-11-9-14(22-12(11)2)16(21)19-8-4-3-5-13(19)10-18-15(20)6-7-17/h9,13H,3-8,10,17H2,1-2H3,(H,18,20). The monoisotopic (exact) mass is 323 g/mol. The zero-order chi connectivity index (χ0) is 16.1. The molecular weight excluding hydrogens is 298 g/mol. The van der Waals surface area contributed by atoms with Crippen LogP contribution >= 0.6 is 11.3 Å². The van der Waals surface area contributed by atoms with Crippen molar-refractivity contribution in [2.75, 3.05) is 19.6 Å². The molecule has 1 aromatic heterocycles. The van der Waals surface area contributed by atoms with E-state index >= 15 is 0 Å². The molecule has 6 heteroatoms. The van der Waals surface area contributed by atoms with Gasteiger partial charge < -0.3 is 16.0 Å². The quantitative estimate of drug-likeness (QED) is 0.868. The van der Waals surface area contributed by atoms with Gasteiger partial charge in [-0.3, -0.25) is 9.59 Å². The number of amides is 2. The molecule has 1 aliphatic heterocycles. The van der Waals surface area contributed by atoms with E-state index in [0.29, 0.717) is 19.5 Å². The highest BCUT2D eigenvalue weighted by atomic mass is 32.1. The molecule has 1 aliphatic rings. The van der Waals surface area contributed by atoms with E-state index in [4.69, 9.17) is 5.73 Å². The molecule has 0 aliphatic carbocycles. The number of hydrogen-bond acceptors (Lipinski definition) is 4. The van der Waals surface area contributed by atoms with Gasteiger partial charge >= 0.3 is 0 Å². The van der Waals surface area contributed by atoms with Crippen LogP contribution in [-0.4, -0.2) is 42.4 Å². The maximum atomic E-state index is 12.7. The molecule has 2 heterocycles. The van der Waals surface area contributed by atoms with Crippen molar-refractivity contribution in [1.29, 1.82) is 0 Å². The van der Waals surface area contributed by atoms with Crippen molar-refractivity contribution in [2.24, 2.45) is 5.73 Å². The number of nitrogens with zero attached hydrogens (tertiary/aromatic N) is 1. The van der Waals surface area contributed by atoms with Crippen LogP contribution in [-0.2, 0) is 4.79 Å². The number of carbonyl (C=O) groups excluding carboxylic acids is 2. The molecule has 0 spiro atoms. The maximum Gasteiger partial charge on any atom is 0.264 e. The first-order valence-corrected chi connectivity index (χ1v) is 8.69. The Morgan fingerprint density at radius 1 is 1.41 bits per heavy atom. The van der Waals surface area contributed by atoms with E-state index in [2.05, 4.69) is 5.32 Å². The molecule has 122 valence electrons. The number of nitrogens with one attached hydrogen (secondary N) is 1. The van der Waals surface area contributed by atoms with Crippen LogP contribution < -0.4 is 11.1 Å². The summed E-state index contributed by atoms with van der Waals surface area (Å²) >= 11 is 1.56. The number of likely N-dealkylation sites (tertiary alicyclic amines) is 1. The van der Waals surface area contributed by atoms with Crippen LogP contribution in [0.2, 0.25) is 0 Å². The molecule has 1 saturated heterocycles. The Morgan fingerprint density at radius 3 is 2.82 bits per heavy atom. The highest BCUT2D eigenvalue weighted by molar-refractivity contribution is 7.14. The van der Waals surface area contributed by atoms with E-state index < -0.39 is 0 Å². The van der Waals surface area contributed by atoms with E-state index in [-0.39, 0.29) is 17.9 Å². The van der Waals surface area contributed by atoms with Crippen molar-refractivity contribution in [3.8, 4) is 0 Å². The van der Waals surface area contributed by atoms with Crippen molar-refractivity contribution in [3.63, 3.8) is 0 Å². The smallest absolute Gasteiger partial charge is 0.264 e. The second kappa shape index (κ2) is 7.74. The second-order valence-corrected chi connectivity index (χ2v) is 7.10. The zero-order valence-electron chi connectivity index (χ0n) is 13.4. The Morgan fingerprint density at radius 2 is 2.18 bits per heavy atom. The van der Waals surface area contributed by atoms with Gasteiger partial charge in [0.05, 0.1) is 4.88 Å². The molecule has 2 rings (SSSR count). The second-order valence-electron chi connectivity index (χ2n) is 5.84. The third-order valence-corrected chi connectivity index (χ3v) is 5.31.